The zero-order chi connectivity index (χ0) is 20.3. The summed E-state index contributed by atoms with van der Waals surface area (Å²) in [6, 6.07) is 6.23. The SMILES string of the molecule is Cc1cc(C)c(NCC(=O)N/N=C\c2cc(C)n(-c3nccs3)c2C)c(C)c1. The van der Waals surface area contributed by atoms with E-state index in [4.69, 9.17) is 0 Å². The molecule has 7 heteroatoms. The number of anilines is 1. The monoisotopic (exact) mass is 395 g/mol. The lowest BCUT2D eigenvalue weighted by Crippen LogP contribution is -2.26. The second-order valence-electron chi connectivity index (χ2n) is 6.90. The van der Waals surface area contributed by atoms with Crippen molar-refractivity contribution < 1.29 is 4.79 Å². The highest BCUT2D eigenvalue weighted by Gasteiger charge is 2.11. The van der Waals surface area contributed by atoms with Crippen LogP contribution in [0.25, 0.3) is 5.13 Å². The molecule has 0 radical (unpaired) electrons. The summed E-state index contributed by atoms with van der Waals surface area (Å²) in [5, 5.41) is 10.2. The zero-order valence-electron chi connectivity index (χ0n) is 16.8. The van der Waals surface area contributed by atoms with Gasteiger partial charge in [0.05, 0.1) is 12.8 Å². The molecule has 1 aromatic carbocycles. The molecule has 0 fully saturated rings. The normalized spacial score (nSPS) is 11.2. The maximum absolute atomic E-state index is 12.1. The number of rotatable bonds is 6. The van der Waals surface area contributed by atoms with Crippen LogP contribution in [0.3, 0.4) is 0 Å². The number of aromatic nitrogens is 2. The third kappa shape index (κ3) is 4.31. The molecule has 3 aromatic rings. The lowest BCUT2D eigenvalue weighted by molar-refractivity contribution is -0.119. The van der Waals surface area contributed by atoms with Gasteiger partial charge >= 0.3 is 0 Å². The number of nitrogens with one attached hydrogen (secondary N) is 2. The van der Waals surface area contributed by atoms with Crippen LogP contribution in [0.5, 0.6) is 0 Å². The van der Waals surface area contributed by atoms with Gasteiger partial charge in [0.2, 0.25) is 0 Å². The summed E-state index contributed by atoms with van der Waals surface area (Å²) in [6.07, 6.45) is 3.46. The number of hydrogen-bond donors (Lipinski definition) is 2. The fourth-order valence-corrected chi connectivity index (χ4v) is 4.13. The first-order valence-corrected chi connectivity index (χ1v) is 9.97. The number of nitrogens with zero attached hydrogens (tertiary/aromatic N) is 3. The van der Waals surface area contributed by atoms with E-state index < -0.39 is 0 Å². The summed E-state index contributed by atoms with van der Waals surface area (Å²) in [5.41, 5.74) is 10.1. The quantitative estimate of drug-likeness (QED) is 0.489. The number of aryl methyl sites for hydroxylation is 4. The van der Waals surface area contributed by atoms with Gasteiger partial charge in [0.25, 0.3) is 5.91 Å². The van der Waals surface area contributed by atoms with E-state index in [0.717, 1.165) is 38.9 Å². The lowest BCUT2D eigenvalue weighted by atomic mass is 10.1. The number of benzene rings is 1. The van der Waals surface area contributed by atoms with Crippen molar-refractivity contribution in [3.05, 3.63) is 63.4 Å². The van der Waals surface area contributed by atoms with Crippen molar-refractivity contribution in [1.82, 2.24) is 15.0 Å². The molecule has 2 aromatic heterocycles. The van der Waals surface area contributed by atoms with E-state index in [0.29, 0.717) is 0 Å². The standard InChI is InChI=1S/C21H25N5OS/c1-13-8-14(2)20(15(3)9-13)23-12-19(27)25-24-11-18-10-16(4)26(17(18)5)21-22-6-7-28-21/h6-11,23H,12H2,1-5H3,(H,25,27)/b24-11-. The van der Waals surface area contributed by atoms with Crippen LogP contribution in [0.1, 0.15) is 33.6 Å². The van der Waals surface area contributed by atoms with Gasteiger partial charge in [-0.2, -0.15) is 5.10 Å². The van der Waals surface area contributed by atoms with E-state index in [2.05, 4.69) is 44.5 Å². The summed E-state index contributed by atoms with van der Waals surface area (Å²) in [6.45, 7) is 10.4. The third-order valence-electron chi connectivity index (χ3n) is 4.58. The van der Waals surface area contributed by atoms with Crippen LogP contribution in [0, 0.1) is 34.6 Å². The molecule has 0 aliphatic carbocycles. The molecule has 0 saturated heterocycles. The molecule has 0 unspecified atom stereocenters. The van der Waals surface area contributed by atoms with Gasteiger partial charge in [-0.25, -0.2) is 10.4 Å². The molecular formula is C21H25N5OS. The Bertz CT molecular complexity index is 995. The van der Waals surface area contributed by atoms with Gasteiger partial charge in [-0.1, -0.05) is 17.7 Å². The number of hydrazone groups is 1. The van der Waals surface area contributed by atoms with Crippen LogP contribution < -0.4 is 10.7 Å². The van der Waals surface area contributed by atoms with Crippen LogP contribution in [0.15, 0.2) is 34.9 Å². The minimum Gasteiger partial charge on any atom is -0.376 e. The number of carbonyl (C=O) groups is 1. The van der Waals surface area contributed by atoms with Crippen molar-refractivity contribution in [2.24, 2.45) is 5.10 Å². The maximum Gasteiger partial charge on any atom is 0.259 e. The molecule has 0 aliphatic rings. The molecule has 2 N–H and O–H groups in total. The largest absolute Gasteiger partial charge is 0.376 e. The van der Waals surface area contributed by atoms with Gasteiger partial charge in [0.1, 0.15) is 0 Å². The highest BCUT2D eigenvalue weighted by atomic mass is 32.1. The molecule has 0 spiro atoms. The van der Waals surface area contributed by atoms with Crippen molar-refractivity contribution in [2.45, 2.75) is 34.6 Å². The highest BCUT2D eigenvalue weighted by molar-refractivity contribution is 7.12. The summed E-state index contributed by atoms with van der Waals surface area (Å²) >= 11 is 1.58. The number of amides is 1. The Morgan fingerprint density at radius 2 is 1.89 bits per heavy atom. The first-order chi connectivity index (χ1) is 13.4. The number of carbonyl (C=O) groups excluding carboxylic acids is 1. The topological polar surface area (TPSA) is 71.3 Å². The van der Waals surface area contributed by atoms with Crippen LogP contribution in [-0.4, -0.2) is 28.2 Å². The number of hydrogen-bond acceptors (Lipinski definition) is 5. The van der Waals surface area contributed by atoms with Crippen LogP contribution in [0.2, 0.25) is 0 Å². The van der Waals surface area contributed by atoms with E-state index in [1.807, 2.05) is 39.1 Å². The van der Waals surface area contributed by atoms with Crippen molar-refractivity contribution in [3.63, 3.8) is 0 Å². The third-order valence-corrected chi connectivity index (χ3v) is 5.33. The van der Waals surface area contributed by atoms with Crippen molar-refractivity contribution in [1.29, 1.82) is 0 Å². The summed E-state index contributed by atoms with van der Waals surface area (Å²) in [4.78, 5) is 16.5. The Labute approximate surface area is 169 Å². The summed E-state index contributed by atoms with van der Waals surface area (Å²) < 4.78 is 2.08. The van der Waals surface area contributed by atoms with Crippen LogP contribution >= 0.6 is 11.3 Å². The molecule has 28 heavy (non-hydrogen) atoms. The minimum absolute atomic E-state index is 0.167. The van der Waals surface area contributed by atoms with Crippen molar-refractivity contribution in [3.8, 4) is 5.13 Å². The first kappa shape index (κ1) is 19.8. The van der Waals surface area contributed by atoms with Gasteiger partial charge in [0.15, 0.2) is 5.13 Å². The van der Waals surface area contributed by atoms with Gasteiger partial charge < -0.3 is 5.32 Å². The van der Waals surface area contributed by atoms with E-state index >= 15 is 0 Å². The zero-order valence-corrected chi connectivity index (χ0v) is 17.6. The van der Waals surface area contributed by atoms with Gasteiger partial charge in [0, 0.05) is 34.2 Å². The Morgan fingerprint density at radius 1 is 1.18 bits per heavy atom. The fourth-order valence-electron chi connectivity index (χ4n) is 3.38. The van der Waals surface area contributed by atoms with E-state index in [-0.39, 0.29) is 12.5 Å². The minimum atomic E-state index is -0.190. The average Bonchev–Trinajstić information content (AvgIpc) is 3.22. The van der Waals surface area contributed by atoms with Crippen LogP contribution in [-0.2, 0) is 4.79 Å². The smallest absolute Gasteiger partial charge is 0.259 e. The Kier molecular flexibility index (Phi) is 5.94. The van der Waals surface area contributed by atoms with E-state index in [9.17, 15) is 4.79 Å². The fraction of sp³-hybridized carbons (Fsp3) is 0.286. The Hall–Kier alpha value is -2.93. The van der Waals surface area contributed by atoms with Crippen molar-refractivity contribution in [2.75, 3.05) is 11.9 Å². The van der Waals surface area contributed by atoms with Gasteiger partial charge in [-0.3, -0.25) is 9.36 Å². The highest BCUT2D eigenvalue weighted by Crippen LogP contribution is 2.22. The predicted molar refractivity (Wildman–Crippen MR) is 116 cm³/mol. The lowest BCUT2D eigenvalue weighted by Gasteiger charge is -2.13. The second-order valence-corrected chi connectivity index (χ2v) is 7.77. The molecule has 3 rings (SSSR count). The maximum atomic E-state index is 12.1. The van der Waals surface area contributed by atoms with E-state index in [1.165, 1.54) is 5.56 Å². The molecular weight excluding hydrogens is 370 g/mol. The Balaban J connectivity index is 1.61. The molecule has 0 bridgehead atoms. The average molecular weight is 396 g/mol. The first-order valence-electron chi connectivity index (χ1n) is 9.09. The molecule has 146 valence electrons. The second kappa shape index (κ2) is 8.39. The van der Waals surface area contributed by atoms with E-state index in [1.54, 1.807) is 23.7 Å². The molecule has 1 amide bonds. The molecule has 0 aliphatic heterocycles. The summed E-state index contributed by atoms with van der Waals surface area (Å²) in [7, 11) is 0. The van der Waals surface area contributed by atoms with Gasteiger partial charge in [-0.15, -0.1) is 11.3 Å². The molecule has 2 heterocycles. The molecule has 0 atom stereocenters. The predicted octanol–water partition coefficient (Wildman–Crippen LogP) is 4.04. The van der Waals surface area contributed by atoms with Crippen LogP contribution in [0.4, 0.5) is 5.69 Å². The summed E-state index contributed by atoms with van der Waals surface area (Å²) in [5.74, 6) is -0.190. The Morgan fingerprint density at radius 3 is 2.54 bits per heavy atom. The van der Waals surface area contributed by atoms with Gasteiger partial charge in [-0.05, 0) is 51.8 Å². The number of thiazole rings is 1. The molecule has 0 saturated carbocycles. The van der Waals surface area contributed by atoms with Crippen molar-refractivity contribution >= 4 is 29.1 Å². The molecule has 6 nitrogen and oxygen atoms in total.